The molecule has 2 heterocycles. The number of benzene rings is 2. The van der Waals surface area contributed by atoms with E-state index < -0.39 is 11.6 Å². The van der Waals surface area contributed by atoms with Gasteiger partial charge in [-0.1, -0.05) is 48.0 Å². The first-order valence-corrected chi connectivity index (χ1v) is 8.28. The number of likely N-dealkylation sites (N-methyl/N-ethyl adjacent to an activating group) is 1. The molecule has 2 aliphatic rings. The Labute approximate surface area is 145 Å². The minimum atomic E-state index is -1.27. The van der Waals surface area contributed by atoms with Gasteiger partial charge in [-0.05, 0) is 25.6 Å². The molecule has 2 aromatic rings. The smallest absolute Gasteiger partial charge is 0.256 e. The van der Waals surface area contributed by atoms with Crippen LogP contribution in [0.25, 0.3) is 0 Å². The van der Waals surface area contributed by atoms with Crippen molar-refractivity contribution in [3.63, 3.8) is 0 Å². The summed E-state index contributed by atoms with van der Waals surface area (Å²) < 4.78 is 0. The summed E-state index contributed by atoms with van der Waals surface area (Å²) in [5, 5.41) is 15.0. The zero-order valence-corrected chi connectivity index (χ0v) is 14.1. The van der Waals surface area contributed by atoms with Crippen LogP contribution >= 0.6 is 0 Å². The molecule has 2 aliphatic heterocycles. The number of carbonyl (C=O) groups is 1. The number of amides is 1. The maximum atomic E-state index is 13.0. The number of nitro groups is 1. The number of hydrogen-bond acceptors (Lipinski definition) is 4. The summed E-state index contributed by atoms with van der Waals surface area (Å²) in [7, 11) is 1.80. The lowest BCUT2D eigenvalue weighted by atomic mass is 9.79. The Morgan fingerprint density at radius 1 is 1.20 bits per heavy atom. The van der Waals surface area contributed by atoms with Gasteiger partial charge < -0.3 is 5.32 Å². The van der Waals surface area contributed by atoms with Gasteiger partial charge in [-0.15, -0.1) is 0 Å². The molecule has 1 fully saturated rings. The Hall–Kier alpha value is -2.73. The predicted molar refractivity (Wildman–Crippen MR) is 94.1 cm³/mol. The molecule has 4 rings (SSSR count). The maximum Gasteiger partial charge on any atom is 0.256 e. The number of nitrogens with one attached hydrogen (secondary N) is 1. The second-order valence-corrected chi connectivity index (χ2v) is 6.89. The van der Waals surface area contributed by atoms with Crippen LogP contribution in [0.2, 0.25) is 0 Å². The molecule has 0 aliphatic carbocycles. The maximum absolute atomic E-state index is 13.0. The van der Waals surface area contributed by atoms with Crippen molar-refractivity contribution in [2.75, 3.05) is 18.9 Å². The highest BCUT2D eigenvalue weighted by atomic mass is 16.6. The third kappa shape index (κ3) is 2.04. The molecule has 1 spiro atoms. The van der Waals surface area contributed by atoms with Crippen LogP contribution in [0.5, 0.6) is 0 Å². The summed E-state index contributed by atoms with van der Waals surface area (Å²) in [6, 6.07) is 14.0. The molecule has 6 heteroatoms. The summed E-state index contributed by atoms with van der Waals surface area (Å²) in [6.07, 6.45) is 0. The first-order chi connectivity index (χ1) is 12.0. The van der Waals surface area contributed by atoms with Crippen molar-refractivity contribution < 1.29 is 9.72 Å². The molecule has 1 saturated heterocycles. The van der Waals surface area contributed by atoms with Gasteiger partial charge in [0.25, 0.3) is 11.9 Å². The largest absolute Gasteiger partial charge is 0.324 e. The van der Waals surface area contributed by atoms with Gasteiger partial charge in [0.15, 0.2) is 5.54 Å². The van der Waals surface area contributed by atoms with Gasteiger partial charge in [0.05, 0.1) is 5.92 Å². The van der Waals surface area contributed by atoms with Crippen molar-refractivity contribution in [1.29, 1.82) is 0 Å². The summed E-state index contributed by atoms with van der Waals surface area (Å²) in [5.41, 5.74) is 2.09. The molecule has 0 aromatic heterocycles. The van der Waals surface area contributed by atoms with E-state index in [0.717, 1.165) is 11.1 Å². The van der Waals surface area contributed by atoms with Crippen LogP contribution in [-0.2, 0) is 10.3 Å². The minimum Gasteiger partial charge on any atom is -0.324 e. The zero-order chi connectivity index (χ0) is 17.8. The number of aryl methyl sites for hydroxylation is 1. The van der Waals surface area contributed by atoms with Gasteiger partial charge in [0.1, 0.15) is 0 Å². The Bertz CT molecular complexity index is 864. The van der Waals surface area contributed by atoms with Gasteiger partial charge >= 0.3 is 0 Å². The number of para-hydroxylation sites is 1. The lowest BCUT2D eigenvalue weighted by molar-refractivity contribution is -0.534. The molecule has 1 N–H and O–H groups in total. The Kier molecular flexibility index (Phi) is 3.40. The van der Waals surface area contributed by atoms with Gasteiger partial charge in [-0.2, -0.15) is 0 Å². The van der Waals surface area contributed by atoms with Crippen LogP contribution in [0.4, 0.5) is 5.69 Å². The molecule has 1 amide bonds. The molecule has 0 unspecified atom stereocenters. The van der Waals surface area contributed by atoms with Crippen LogP contribution in [0.3, 0.4) is 0 Å². The topological polar surface area (TPSA) is 75.5 Å². The van der Waals surface area contributed by atoms with Crippen molar-refractivity contribution in [3.05, 3.63) is 75.3 Å². The quantitative estimate of drug-likeness (QED) is 0.675. The van der Waals surface area contributed by atoms with E-state index in [1.165, 1.54) is 0 Å². The van der Waals surface area contributed by atoms with Crippen LogP contribution in [0.1, 0.15) is 22.6 Å². The lowest BCUT2D eigenvalue weighted by Crippen LogP contribution is -2.54. The number of anilines is 1. The van der Waals surface area contributed by atoms with Gasteiger partial charge in [0.2, 0.25) is 0 Å². The molecule has 128 valence electrons. The standard InChI is InChI=1S/C19H19N3O3/c1-12-7-9-13(10-8-12)14-11-21(2)19(17(14)22(24)25)15-5-3-4-6-16(15)20-18(19)23/h3-10,14,17H,11H2,1-2H3,(H,20,23)/t14-,17-,19-/m0/s1. The van der Waals surface area contributed by atoms with E-state index in [0.29, 0.717) is 17.8 Å². The van der Waals surface area contributed by atoms with Crippen molar-refractivity contribution in [2.45, 2.75) is 24.4 Å². The molecule has 0 radical (unpaired) electrons. The molecule has 6 nitrogen and oxygen atoms in total. The SMILES string of the molecule is Cc1ccc([C@@H]2CN(C)[C@]3(C(=O)Nc4ccccc43)[C@H]2[N+](=O)[O-])cc1. The van der Waals surface area contributed by atoms with E-state index in [9.17, 15) is 14.9 Å². The molecule has 0 saturated carbocycles. The molecular formula is C19H19N3O3. The molecule has 3 atom stereocenters. The molecule has 25 heavy (non-hydrogen) atoms. The number of carbonyl (C=O) groups excluding carboxylic acids is 1. The predicted octanol–water partition coefficient (Wildman–Crippen LogP) is 2.52. The van der Waals surface area contributed by atoms with E-state index in [-0.39, 0.29) is 16.7 Å². The summed E-state index contributed by atoms with van der Waals surface area (Å²) >= 11 is 0. The molecule has 0 bridgehead atoms. The van der Waals surface area contributed by atoms with Crippen molar-refractivity contribution in [3.8, 4) is 0 Å². The number of hydrogen-bond donors (Lipinski definition) is 1. The fraction of sp³-hybridized carbons (Fsp3) is 0.316. The first kappa shape index (κ1) is 15.8. The zero-order valence-electron chi connectivity index (χ0n) is 14.1. The third-order valence-corrected chi connectivity index (χ3v) is 5.55. The van der Waals surface area contributed by atoms with E-state index in [1.54, 1.807) is 13.1 Å². The van der Waals surface area contributed by atoms with Crippen molar-refractivity contribution in [2.24, 2.45) is 0 Å². The third-order valence-electron chi connectivity index (χ3n) is 5.55. The highest BCUT2D eigenvalue weighted by Crippen LogP contribution is 2.51. The van der Waals surface area contributed by atoms with Crippen molar-refractivity contribution >= 4 is 11.6 Å². The molecular weight excluding hydrogens is 318 g/mol. The summed E-state index contributed by atoms with van der Waals surface area (Å²) in [4.78, 5) is 26.6. The van der Waals surface area contributed by atoms with Crippen LogP contribution in [0.15, 0.2) is 48.5 Å². The number of fused-ring (bicyclic) bond motifs is 2. The summed E-state index contributed by atoms with van der Waals surface area (Å²) in [6.45, 7) is 2.44. The van der Waals surface area contributed by atoms with Crippen LogP contribution < -0.4 is 5.32 Å². The second kappa shape index (κ2) is 5.39. The highest BCUT2D eigenvalue weighted by molar-refractivity contribution is 6.06. The van der Waals surface area contributed by atoms with E-state index in [2.05, 4.69) is 5.32 Å². The fourth-order valence-corrected chi connectivity index (χ4v) is 4.39. The van der Waals surface area contributed by atoms with Crippen LogP contribution in [-0.4, -0.2) is 35.4 Å². The van der Waals surface area contributed by atoms with Crippen molar-refractivity contribution in [1.82, 2.24) is 4.90 Å². The Morgan fingerprint density at radius 2 is 1.88 bits per heavy atom. The monoisotopic (exact) mass is 337 g/mol. The Morgan fingerprint density at radius 3 is 2.56 bits per heavy atom. The van der Waals surface area contributed by atoms with Gasteiger partial charge in [0, 0.05) is 22.7 Å². The second-order valence-electron chi connectivity index (χ2n) is 6.89. The fourth-order valence-electron chi connectivity index (χ4n) is 4.39. The highest BCUT2D eigenvalue weighted by Gasteiger charge is 2.68. The first-order valence-electron chi connectivity index (χ1n) is 8.28. The average Bonchev–Trinajstić information content (AvgIpc) is 3.05. The lowest BCUT2D eigenvalue weighted by Gasteiger charge is -2.30. The molecule has 2 aromatic carbocycles. The number of likely N-dealkylation sites (tertiary alicyclic amines) is 1. The average molecular weight is 337 g/mol. The van der Waals surface area contributed by atoms with Gasteiger partial charge in [-0.25, -0.2) is 0 Å². The van der Waals surface area contributed by atoms with E-state index in [1.807, 2.05) is 54.3 Å². The number of nitrogens with zero attached hydrogens (tertiary/aromatic N) is 2. The van der Waals surface area contributed by atoms with E-state index in [4.69, 9.17) is 0 Å². The summed E-state index contributed by atoms with van der Waals surface area (Å²) in [5.74, 6) is -0.662. The number of rotatable bonds is 2. The normalized spacial score (nSPS) is 28.2. The minimum absolute atomic E-state index is 0.282. The van der Waals surface area contributed by atoms with E-state index >= 15 is 0 Å². The Balaban J connectivity index is 1.90. The van der Waals surface area contributed by atoms with Crippen LogP contribution in [0, 0.1) is 17.0 Å². The van der Waals surface area contributed by atoms with Gasteiger partial charge in [-0.3, -0.25) is 19.8 Å².